The molecule has 0 spiro atoms. The lowest BCUT2D eigenvalue weighted by Crippen LogP contribution is -2.56. The third kappa shape index (κ3) is 4.11. The Hall–Kier alpha value is -2.71. The van der Waals surface area contributed by atoms with Crippen molar-refractivity contribution in [2.24, 2.45) is 10.9 Å². The first-order valence-corrected chi connectivity index (χ1v) is 10.1. The molecule has 0 bridgehead atoms. The first-order valence-electron chi connectivity index (χ1n) is 9.39. The van der Waals surface area contributed by atoms with Gasteiger partial charge in [0.15, 0.2) is 12.5 Å². The lowest BCUT2D eigenvalue weighted by atomic mass is 9.94. The van der Waals surface area contributed by atoms with Gasteiger partial charge >= 0.3 is 11.9 Å². The lowest BCUT2D eigenvalue weighted by molar-refractivity contribution is -0.408. The van der Waals surface area contributed by atoms with Crippen LogP contribution in [-0.4, -0.2) is 59.6 Å². The molecule has 2 aliphatic rings. The number of benzene rings is 1. The van der Waals surface area contributed by atoms with Crippen molar-refractivity contribution in [2.75, 3.05) is 25.5 Å². The van der Waals surface area contributed by atoms with E-state index in [0.29, 0.717) is 29.5 Å². The molecule has 0 radical (unpaired) electrons. The van der Waals surface area contributed by atoms with Crippen molar-refractivity contribution in [3.05, 3.63) is 39.6 Å². The molecule has 0 aromatic heterocycles. The number of allylic oxidation sites excluding steroid dienone is 1. The summed E-state index contributed by atoms with van der Waals surface area (Å²) in [5.74, 6) is -1.23. The number of dihydropyridines is 1. The number of imide groups is 1. The summed E-state index contributed by atoms with van der Waals surface area (Å²) in [4.78, 5) is 43.7. The summed E-state index contributed by atoms with van der Waals surface area (Å²) in [7, 11) is 1.51. The number of carbonyl (C=O) groups excluding carboxylic acids is 3. The van der Waals surface area contributed by atoms with Gasteiger partial charge in [0.1, 0.15) is 12.0 Å². The average molecular weight is 452 g/mol. The SMILES string of the molecule is CCOC1=C(CC)C=NC2=[N+](C)C(=O)N(CC(=O)Nc3ccc(Cl)c(Cl)c3)C(=O)C12. The predicted molar refractivity (Wildman–Crippen MR) is 114 cm³/mol. The van der Waals surface area contributed by atoms with Crippen molar-refractivity contribution in [1.29, 1.82) is 0 Å². The molecule has 30 heavy (non-hydrogen) atoms. The summed E-state index contributed by atoms with van der Waals surface area (Å²) >= 11 is 11.8. The van der Waals surface area contributed by atoms with Crippen molar-refractivity contribution < 1.29 is 23.7 Å². The number of ether oxygens (including phenoxy) is 1. The minimum atomic E-state index is -0.870. The standard InChI is InChI=1S/C20H20Cl2N4O4/c1-4-11-9-23-18-16(17(11)30-5-2)19(28)26(20(29)25(18)3)10-15(27)24-12-6-7-13(21)14(22)8-12/h6-9,16H,4-5,10H2,1-3H3/p+1. The van der Waals surface area contributed by atoms with Crippen molar-refractivity contribution in [3.8, 4) is 0 Å². The zero-order chi connectivity index (χ0) is 22.0. The molecule has 1 atom stereocenters. The first-order chi connectivity index (χ1) is 14.3. The van der Waals surface area contributed by atoms with Gasteiger partial charge in [0.25, 0.3) is 11.7 Å². The predicted octanol–water partition coefficient (Wildman–Crippen LogP) is 3.34. The lowest BCUT2D eigenvalue weighted by Gasteiger charge is -2.29. The molecule has 0 saturated carbocycles. The van der Waals surface area contributed by atoms with E-state index in [2.05, 4.69) is 10.3 Å². The average Bonchev–Trinajstić information content (AvgIpc) is 2.72. The molecule has 2 aliphatic heterocycles. The largest absolute Gasteiger partial charge is 0.496 e. The smallest absolute Gasteiger partial charge is 0.446 e. The van der Waals surface area contributed by atoms with Crippen LogP contribution in [0.2, 0.25) is 10.0 Å². The van der Waals surface area contributed by atoms with Crippen molar-refractivity contribution in [1.82, 2.24) is 4.90 Å². The maximum atomic E-state index is 13.2. The minimum absolute atomic E-state index is 0.275. The molecular weight excluding hydrogens is 431 g/mol. The van der Waals surface area contributed by atoms with E-state index in [0.717, 1.165) is 10.5 Å². The zero-order valence-electron chi connectivity index (χ0n) is 16.7. The number of nitrogens with one attached hydrogen (secondary N) is 1. The van der Waals surface area contributed by atoms with E-state index in [1.807, 2.05) is 13.8 Å². The van der Waals surface area contributed by atoms with Gasteiger partial charge in [-0.2, -0.15) is 9.48 Å². The van der Waals surface area contributed by atoms with Crippen LogP contribution in [0.15, 0.2) is 34.5 Å². The second-order valence-corrected chi connectivity index (χ2v) is 7.48. The number of anilines is 1. The Labute approximate surface area is 183 Å². The second kappa shape index (κ2) is 8.97. The van der Waals surface area contributed by atoms with E-state index in [1.54, 1.807) is 12.3 Å². The van der Waals surface area contributed by atoms with Crippen LogP contribution in [0, 0.1) is 5.92 Å². The molecule has 1 N–H and O–H groups in total. The third-order valence-electron chi connectivity index (χ3n) is 4.75. The Balaban J connectivity index is 1.87. The molecule has 8 nitrogen and oxygen atoms in total. The van der Waals surface area contributed by atoms with Crippen LogP contribution < -0.4 is 5.32 Å². The second-order valence-electron chi connectivity index (χ2n) is 6.67. The highest BCUT2D eigenvalue weighted by Crippen LogP contribution is 2.29. The molecular formula is C20H21Cl2N4O4+. The summed E-state index contributed by atoms with van der Waals surface area (Å²) in [6.45, 7) is 3.64. The Bertz CT molecular complexity index is 1020. The highest BCUT2D eigenvalue weighted by atomic mass is 35.5. The Morgan fingerprint density at radius 3 is 2.63 bits per heavy atom. The number of amidine groups is 1. The number of aliphatic imine (C=N–C) groups is 1. The topological polar surface area (TPSA) is 91.1 Å². The molecule has 0 fully saturated rings. The van der Waals surface area contributed by atoms with Crippen molar-refractivity contribution in [3.63, 3.8) is 0 Å². The summed E-state index contributed by atoms with van der Waals surface area (Å²) < 4.78 is 7.00. The molecule has 4 amide bonds. The van der Waals surface area contributed by atoms with E-state index >= 15 is 0 Å². The van der Waals surface area contributed by atoms with Crippen LogP contribution >= 0.6 is 23.2 Å². The quantitative estimate of drug-likeness (QED) is 0.671. The van der Waals surface area contributed by atoms with Gasteiger partial charge in [-0.15, -0.1) is 4.99 Å². The number of fused-ring (bicyclic) bond motifs is 1. The minimum Gasteiger partial charge on any atom is -0.496 e. The molecule has 2 heterocycles. The molecule has 1 unspecified atom stereocenters. The molecule has 158 valence electrons. The van der Waals surface area contributed by atoms with Gasteiger partial charge < -0.3 is 10.1 Å². The number of halogens is 2. The fourth-order valence-electron chi connectivity index (χ4n) is 3.28. The van der Waals surface area contributed by atoms with Gasteiger partial charge in [0, 0.05) is 11.3 Å². The van der Waals surface area contributed by atoms with Crippen LogP contribution in [0.1, 0.15) is 20.3 Å². The van der Waals surface area contributed by atoms with E-state index in [9.17, 15) is 14.4 Å². The van der Waals surface area contributed by atoms with Crippen LogP contribution in [0.3, 0.4) is 0 Å². The molecule has 0 saturated heterocycles. The molecule has 10 heteroatoms. The van der Waals surface area contributed by atoms with Crippen molar-refractivity contribution >= 4 is 58.8 Å². The van der Waals surface area contributed by atoms with Gasteiger partial charge in [-0.3, -0.25) is 9.59 Å². The van der Waals surface area contributed by atoms with E-state index < -0.39 is 30.3 Å². The molecule has 0 aliphatic carbocycles. The maximum absolute atomic E-state index is 13.2. The zero-order valence-corrected chi connectivity index (χ0v) is 18.3. The van der Waals surface area contributed by atoms with Gasteiger partial charge in [-0.25, -0.2) is 4.79 Å². The van der Waals surface area contributed by atoms with E-state index in [-0.39, 0.29) is 10.9 Å². The van der Waals surface area contributed by atoms with Crippen LogP contribution in [-0.2, 0) is 14.3 Å². The van der Waals surface area contributed by atoms with Gasteiger partial charge in [0.05, 0.1) is 23.7 Å². The number of hydrogen-bond donors (Lipinski definition) is 1. The normalized spacial score (nSPS) is 18.7. The fourth-order valence-corrected chi connectivity index (χ4v) is 3.58. The van der Waals surface area contributed by atoms with E-state index in [4.69, 9.17) is 27.9 Å². The molecule has 3 rings (SSSR count). The Kier molecular flexibility index (Phi) is 6.58. The highest BCUT2D eigenvalue weighted by molar-refractivity contribution is 6.42. The monoisotopic (exact) mass is 451 g/mol. The number of hydrogen-bond acceptors (Lipinski definition) is 5. The third-order valence-corrected chi connectivity index (χ3v) is 5.49. The van der Waals surface area contributed by atoms with Crippen LogP contribution in [0.4, 0.5) is 10.5 Å². The Morgan fingerprint density at radius 1 is 1.27 bits per heavy atom. The van der Waals surface area contributed by atoms with Crippen LogP contribution in [0.25, 0.3) is 0 Å². The number of carbonyl (C=O) groups is 3. The molecule has 1 aromatic rings. The Morgan fingerprint density at radius 2 is 2.00 bits per heavy atom. The maximum Gasteiger partial charge on any atom is 0.446 e. The number of rotatable bonds is 6. The summed E-state index contributed by atoms with van der Waals surface area (Å²) in [5.41, 5.74) is 1.18. The van der Waals surface area contributed by atoms with E-state index in [1.165, 1.54) is 23.8 Å². The van der Waals surface area contributed by atoms with Gasteiger partial charge in [0.2, 0.25) is 0 Å². The summed E-state index contributed by atoms with van der Waals surface area (Å²) in [6, 6.07) is 3.96. The van der Waals surface area contributed by atoms with Crippen LogP contribution in [0.5, 0.6) is 0 Å². The van der Waals surface area contributed by atoms with Crippen molar-refractivity contribution in [2.45, 2.75) is 20.3 Å². The fraction of sp³-hybridized carbons (Fsp3) is 0.350. The highest BCUT2D eigenvalue weighted by Gasteiger charge is 2.51. The number of amides is 4. The van der Waals surface area contributed by atoms with Gasteiger partial charge in [-0.1, -0.05) is 30.1 Å². The summed E-state index contributed by atoms with van der Waals surface area (Å²) in [5, 5.41) is 3.24. The number of nitrogens with zero attached hydrogens (tertiary/aromatic N) is 3. The molecule has 1 aromatic carbocycles. The number of urea groups is 1. The van der Waals surface area contributed by atoms with Gasteiger partial charge in [-0.05, 0) is 31.5 Å². The summed E-state index contributed by atoms with van der Waals surface area (Å²) in [6.07, 6.45) is 2.23. The first kappa shape index (κ1) is 22.0.